The van der Waals surface area contributed by atoms with Crippen LogP contribution in [0.3, 0.4) is 0 Å². The molecule has 17 heavy (non-hydrogen) atoms. The van der Waals surface area contributed by atoms with Crippen LogP contribution in [0, 0.1) is 0 Å². The Labute approximate surface area is 102 Å². The minimum absolute atomic E-state index is 0.296. The van der Waals surface area contributed by atoms with E-state index in [1.165, 1.54) is 0 Å². The molecule has 3 nitrogen and oxygen atoms in total. The Kier molecular flexibility index (Phi) is 3.40. The summed E-state index contributed by atoms with van der Waals surface area (Å²) in [5, 5.41) is 19.5. The zero-order valence-electron chi connectivity index (χ0n) is 10.4. The molecule has 0 amide bonds. The maximum absolute atomic E-state index is 9.86. The van der Waals surface area contributed by atoms with Crippen LogP contribution < -0.4 is 4.74 Å². The second kappa shape index (κ2) is 4.67. The average Bonchev–Trinajstić information content (AvgIpc) is 2.68. The molecular weight excluding hydrogens is 216 g/mol. The molecular formula is C14H20O3. The number of aryl methyl sites for hydroxylation is 1. The molecule has 2 rings (SSSR count). The largest absolute Gasteiger partial charge is 0.491 e. The number of hydrogen-bond acceptors (Lipinski definition) is 3. The van der Waals surface area contributed by atoms with Crippen molar-refractivity contribution in [1.82, 2.24) is 0 Å². The highest BCUT2D eigenvalue weighted by molar-refractivity contribution is 5.39. The summed E-state index contributed by atoms with van der Waals surface area (Å²) in [5.41, 5.74) is 1.39. The normalized spacial score (nSPS) is 22.0. The first kappa shape index (κ1) is 12.4. The molecule has 0 aromatic heterocycles. The molecule has 1 aliphatic carbocycles. The lowest BCUT2D eigenvalue weighted by Crippen LogP contribution is -2.31. The molecule has 0 radical (unpaired) electrons. The minimum atomic E-state index is -0.779. The zero-order valence-corrected chi connectivity index (χ0v) is 10.4. The predicted molar refractivity (Wildman–Crippen MR) is 66.1 cm³/mol. The van der Waals surface area contributed by atoms with Crippen molar-refractivity contribution in [2.24, 2.45) is 0 Å². The van der Waals surface area contributed by atoms with Gasteiger partial charge >= 0.3 is 0 Å². The summed E-state index contributed by atoms with van der Waals surface area (Å²) in [7, 11) is 0. The van der Waals surface area contributed by atoms with E-state index in [4.69, 9.17) is 4.74 Å². The maximum atomic E-state index is 9.86. The van der Waals surface area contributed by atoms with Gasteiger partial charge in [-0.1, -0.05) is 13.0 Å². The fourth-order valence-electron chi connectivity index (χ4n) is 2.00. The van der Waals surface area contributed by atoms with E-state index in [-0.39, 0.29) is 6.10 Å². The Morgan fingerprint density at radius 3 is 2.94 bits per heavy atom. The highest BCUT2D eigenvalue weighted by atomic mass is 16.5. The minimum Gasteiger partial charge on any atom is -0.491 e. The molecule has 0 fully saturated rings. The van der Waals surface area contributed by atoms with Crippen molar-refractivity contribution in [2.75, 3.05) is 6.61 Å². The van der Waals surface area contributed by atoms with Crippen molar-refractivity contribution >= 4 is 0 Å². The predicted octanol–water partition coefficient (Wildman–Crippen LogP) is 2.21. The van der Waals surface area contributed by atoms with E-state index < -0.39 is 5.60 Å². The smallest absolute Gasteiger partial charge is 0.119 e. The van der Waals surface area contributed by atoms with Gasteiger partial charge in [-0.25, -0.2) is 0 Å². The van der Waals surface area contributed by atoms with Crippen molar-refractivity contribution < 1.29 is 14.9 Å². The van der Waals surface area contributed by atoms with Crippen LogP contribution in [0.25, 0.3) is 0 Å². The Hall–Kier alpha value is -1.06. The molecule has 94 valence electrons. The SMILES string of the molecule is CCC(C)(O)COc1ccc2c(c1)CC[C@H]2O. The van der Waals surface area contributed by atoms with Gasteiger partial charge in [0, 0.05) is 0 Å². The molecule has 2 N–H and O–H groups in total. The first-order chi connectivity index (χ1) is 8.02. The van der Waals surface area contributed by atoms with E-state index in [1.807, 2.05) is 25.1 Å². The Morgan fingerprint density at radius 2 is 2.24 bits per heavy atom. The van der Waals surface area contributed by atoms with Gasteiger partial charge in [0.15, 0.2) is 0 Å². The number of rotatable bonds is 4. The molecule has 1 aliphatic rings. The van der Waals surface area contributed by atoms with Gasteiger partial charge in [-0.3, -0.25) is 0 Å². The summed E-state index contributed by atoms with van der Waals surface area (Å²) in [6.45, 7) is 4.00. The van der Waals surface area contributed by atoms with Crippen LogP contribution in [0.4, 0.5) is 0 Å². The monoisotopic (exact) mass is 236 g/mol. The van der Waals surface area contributed by atoms with Crippen LogP contribution in [0.2, 0.25) is 0 Å². The molecule has 1 unspecified atom stereocenters. The molecule has 2 atom stereocenters. The third-order valence-corrected chi connectivity index (χ3v) is 3.47. The van der Waals surface area contributed by atoms with Gasteiger partial charge in [-0.2, -0.15) is 0 Å². The zero-order chi connectivity index (χ0) is 12.5. The van der Waals surface area contributed by atoms with Crippen LogP contribution in [0.1, 0.15) is 43.9 Å². The lowest BCUT2D eigenvalue weighted by molar-refractivity contribution is 0.00844. The van der Waals surface area contributed by atoms with Gasteiger partial charge < -0.3 is 14.9 Å². The number of fused-ring (bicyclic) bond motifs is 1. The summed E-state index contributed by atoms with van der Waals surface area (Å²) in [6, 6.07) is 5.75. The van der Waals surface area contributed by atoms with Crippen molar-refractivity contribution in [3.05, 3.63) is 29.3 Å². The summed E-state index contributed by atoms with van der Waals surface area (Å²) < 4.78 is 5.59. The quantitative estimate of drug-likeness (QED) is 0.842. The van der Waals surface area contributed by atoms with E-state index in [0.717, 1.165) is 29.7 Å². The lowest BCUT2D eigenvalue weighted by atomic mass is 10.1. The number of benzene rings is 1. The van der Waals surface area contributed by atoms with Crippen molar-refractivity contribution in [1.29, 1.82) is 0 Å². The topological polar surface area (TPSA) is 49.7 Å². The fraction of sp³-hybridized carbons (Fsp3) is 0.571. The molecule has 0 saturated carbocycles. The molecule has 0 heterocycles. The summed E-state index contributed by atoms with van der Waals surface area (Å²) in [5.74, 6) is 0.770. The third-order valence-electron chi connectivity index (χ3n) is 3.47. The summed E-state index contributed by atoms with van der Waals surface area (Å²) >= 11 is 0. The van der Waals surface area contributed by atoms with Crippen LogP contribution in [0.5, 0.6) is 5.75 Å². The highest BCUT2D eigenvalue weighted by Gasteiger charge is 2.22. The molecule has 0 bridgehead atoms. The second-order valence-electron chi connectivity index (χ2n) is 5.05. The Bertz CT molecular complexity index is 398. The van der Waals surface area contributed by atoms with Gasteiger partial charge in [-0.15, -0.1) is 0 Å². The number of hydrogen-bond donors (Lipinski definition) is 2. The van der Waals surface area contributed by atoms with Crippen molar-refractivity contribution in [3.63, 3.8) is 0 Å². The van der Waals surface area contributed by atoms with Crippen molar-refractivity contribution in [2.45, 2.75) is 44.8 Å². The number of aliphatic hydroxyl groups is 2. The molecule has 3 heteroatoms. The van der Waals surface area contributed by atoms with Gasteiger partial charge in [0.2, 0.25) is 0 Å². The number of ether oxygens (including phenoxy) is 1. The van der Waals surface area contributed by atoms with Crippen molar-refractivity contribution in [3.8, 4) is 5.75 Å². The summed E-state index contributed by atoms with van der Waals surface area (Å²) in [4.78, 5) is 0. The van der Waals surface area contributed by atoms with E-state index >= 15 is 0 Å². The summed E-state index contributed by atoms with van der Waals surface area (Å²) in [6.07, 6.45) is 2.04. The molecule has 1 aromatic rings. The van der Waals surface area contributed by atoms with Gasteiger partial charge in [-0.05, 0) is 49.4 Å². The van der Waals surface area contributed by atoms with Crippen LogP contribution >= 0.6 is 0 Å². The van der Waals surface area contributed by atoms with Crippen LogP contribution in [0.15, 0.2) is 18.2 Å². The first-order valence-corrected chi connectivity index (χ1v) is 6.18. The third kappa shape index (κ3) is 2.79. The lowest BCUT2D eigenvalue weighted by Gasteiger charge is -2.21. The maximum Gasteiger partial charge on any atom is 0.119 e. The van der Waals surface area contributed by atoms with E-state index in [1.54, 1.807) is 6.92 Å². The van der Waals surface area contributed by atoms with E-state index in [0.29, 0.717) is 13.0 Å². The van der Waals surface area contributed by atoms with Crippen LogP contribution in [-0.2, 0) is 6.42 Å². The van der Waals surface area contributed by atoms with Crippen LogP contribution in [-0.4, -0.2) is 22.4 Å². The average molecular weight is 236 g/mol. The van der Waals surface area contributed by atoms with E-state index in [9.17, 15) is 10.2 Å². The number of aliphatic hydroxyl groups excluding tert-OH is 1. The van der Waals surface area contributed by atoms with Gasteiger partial charge in [0.25, 0.3) is 0 Å². The first-order valence-electron chi connectivity index (χ1n) is 6.18. The second-order valence-corrected chi connectivity index (χ2v) is 5.05. The van der Waals surface area contributed by atoms with E-state index in [2.05, 4.69) is 0 Å². The fourth-order valence-corrected chi connectivity index (χ4v) is 2.00. The van der Waals surface area contributed by atoms with Gasteiger partial charge in [0.05, 0.1) is 11.7 Å². The Balaban J connectivity index is 2.04. The molecule has 1 aromatic carbocycles. The molecule has 0 aliphatic heterocycles. The standard InChI is InChI=1S/C14H20O3/c1-3-14(2,16)9-17-11-5-6-12-10(8-11)4-7-13(12)15/h5-6,8,13,15-16H,3-4,7,9H2,1-2H3/t13-,14?/m1/s1. The van der Waals surface area contributed by atoms with Gasteiger partial charge in [0.1, 0.15) is 12.4 Å². The molecule has 0 saturated heterocycles. The highest BCUT2D eigenvalue weighted by Crippen LogP contribution is 2.33. The Morgan fingerprint density at radius 1 is 1.47 bits per heavy atom. The molecule has 0 spiro atoms.